The molecule has 4 rings (SSSR count). The highest BCUT2D eigenvalue weighted by molar-refractivity contribution is 7.89. The molecule has 0 bridgehead atoms. The van der Waals surface area contributed by atoms with Gasteiger partial charge >= 0.3 is 5.97 Å². The Hall–Kier alpha value is -5.19. The van der Waals surface area contributed by atoms with Gasteiger partial charge in [-0.25, -0.2) is 23.3 Å². The number of halogens is 1. The number of primary amides is 1. The van der Waals surface area contributed by atoms with E-state index in [1.165, 1.54) is 12.1 Å². The minimum Gasteiger partial charge on any atom is -0.507 e. The number of carbonyl (C=O) groups is 3. The number of carboxylic acids is 1. The molecule has 226 valence electrons. The molecule has 1 heterocycles. The normalized spacial score (nSPS) is 11.8. The van der Waals surface area contributed by atoms with E-state index in [4.69, 9.17) is 22.0 Å². The third kappa shape index (κ3) is 7.18. The number of phenols is 2. The van der Waals surface area contributed by atoms with E-state index in [1.54, 1.807) is 18.2 Å². The highest BCUT2D eigenvalue weighted by Crippen LogP contribution is 2.42. The van der Waals surface area contributed by atoms with Gasteiger partial charge in [0.05, 0.1) is 34.3 Å². The Labute approximate surface area is 249 Å². The summed E-state index contributed by atoms with van der Waals surface area (Å²) in [7, 11) is -4.21. The zero-order chi connectivity index (χ0) is 30.9. The maximum absolute atomic E-state index is 12.8. The van der Waals surface area contributed by atoms with Gasteiger partial charge in [0.2, 0.25) is 21.8 Å². The number of fused-ring (bicyclic) bond motifs is 1. The number of phenolic OH excluding ortho intramolecular Hbond substituents is 2. The number of aliphatic carboxylic acids is 1. The van der Waals surface area contributed by atoms with E-state index in [2.05, 4.69) is 15.3 Å². The number of sulfonamides is 1. The van der Waals surface area contributed by atoms with Crippen molar-refractivity contribution in [2.75, 3.05) is 0 Å². The first-order valence-corrected chi connectivity index (χ1v) is 13.6. The first-order chi connectivity index (χ1) is 19.6. The predicted molar refractivity (Wildman–Crippen MR) is 157 cm³/mol. The number of hydrogen-bond acceptors (Lipinski definition) is 9. The first-order valence-electron chi connectivity index (χ1n) is 12.0. The minimum atomic E-state index is -4.21. The van der Waals surface area contributed by atoms with Crippen molar-refractivity contribution >= 4 is 57.1 Å². The number of nitrogens with zero attached hydrogens (tertiary/aromatic N) is 1. The molecule has 0 aliphatic heterocycles. The van der Waals surface area contributed by atoms with Gasteiger partial charge in [0.1, 0.15) is 29.2 Å². The first kappa shape index (κ1) is 32.3. The lowest BCUT2D eigenvalue weighted by molar-refractivity contribution is -0.143. The van der Waals surface area contributed by atoms with Gasteiger partial charge in [-0.3, -0.25) is 15.0 Å². The lowest BCUT2D eigenvalue weighted by Crippen LogP contribution is -2.43. The third-order valence-corrected chi connectivity index (χ3v) is 7.12. The van der Waals surface area contributed by atoms with Gasteiger partial charge in [0.15, 0.2) is 0 Å². The molecule has 1 atom stereocenters. The number of primary sulfonamides is 1. The van der Waals surface area contributed by atoms with Crippen LogP contribution in [-0.4, -0.2) is 63.4 Å². The van der Waals surface area contributed by atoms with Gasteiger partial charge in [-0.15, -0.1) is 12.4 Å². The van der Waals surface area contributed by atoms with E-state index < -0.39 is 58.2 Å². The molecule has 0 aliphatic carbocycles. The number of nitrogen functional groups attached to an aromatic ring is 1. The average molecular weight is 632 g/mol. The Morgan fingerprint density at radius 3 is 2.28 bits per heavy atom. The molecule has 1 aromatic heterocycles. The number of benzene rings is 3. The van der Waals surface area contributed by atoms with Crippen molar-refractivity contribution in [3.05, 3.63) is 59.7 Å². The largest absolute Gasteiger partial charge is 0.507 e. The molecule has 43 heavy (non-hydrogen) atoms. The Morgan fingerprint density at radius 1 is 1.00 bits per heavy atom. The van der Waals surface area contributed by atoms with Crippen LogP contribution in [0.1, 0.15) is 17.5 Å². The molecule has 4 aromatic rings. The smallest absolute Gasteiger partial charge is 0.326 e. The second-order valence-corrected chi connectivity index (χ2v) is 10.9. The van der Waals surface area contributed by atoms with E-state index in [1.807, 2.05) is 0 Å². The Morgan fingerprint density at radius 2 is 1.67 bits per heavy atom. The number of H-pyrrole nitrogens is 1. The fraction of sp³-hybridized carbons (Fsp3) is 0.115. The fourth-order valence-electron chi connectivity index (χ4n) is 4.23. The third-order valence-electron chi connectivity index (χ3n) is 6.21. The van der Waals surface area contributed by atoms with Crippen molar-refractivity contribution in [3.8, 4) is 34.0 Å². The summed E-state index contributed by atoms with van der Waals surface area (Å²) in [6, 6.07) is 8.99. The summed E-state index contributed by atoms with van der Waals surface area (Å²) in [4.78, 5) is 42.6. The Balaban J connectivity index is 0.00000506. The van der Waals surface area contributed by atoms with Crippen LogP contribution in [0.5, 0.6) is 11.5 Å². The number of aromatic nitrogens is 2. The molecule has 12 N–H and O–H groups in total. The van der Waals surface area contributed by atoms with Crippen LogP contribution in [-0.2, 0) is 30.8 Å². The molecular formula is C26H26ClN7O8S. The topological polar surface area (TPSA) is 289 Å². The van der Waals surface area contributed by atoms with Gasteiger partial charge in [-0.1, -0.05) is 0 Å². The summed E-state index contributed by atoms with van der Waals surface area (Å²) in [6.07, 6.45) is -1.12. The summed E-state index contributed by atoms with van der Waals surface area (Å²) in [5, 5.41) is 46.3. The molecule has 17 heteroatoms. The summed E-state index contributed by atoms with van der Waals surface area (Å²) in [6.45, 7) is 0. The van der Waals surface area contributed by atoms with Crippen LogP contribution in [0.3, 0.4) is 0 Å². The second kappa shape index (κ2) is 12.4. The van der Waals surface area contributed by atoms with Crippen molar-refractivity contribution in [3.63, 3.8) is 0 Å². The van der Waals surface area contributed by atoms with Crippen molar-refractivity contribution in [2.45, 2.75) is 23.8 Å². The van der Waals surface area contributed by atoms with Gasteiger partial charge in [0, 0.05) is 16.7 Å². The number of aromatic hydroxyl groups is 2. The Bertz CT molecular complexity index is 1890. The quantitative estimate of drug-likeness (QED) is 0.0869. The fourth-order valence-corrected chi connectivity index (χ4v) is 4.77. The number of amides is 2. The molecule has 0 aliphatic rings. The van der Waals surface area contributed by atoms with Gasteiger partial charge < -0.3 is 37.1 Å². The number of carbonyl (C=O) groups excluding carboxylic acids is 2. The number of hydrogen-bond donors (Lipinski definition) is 9. The van der Waals surface area contributed by atoms with Crippen LogP contribution in [0.25, 0.3) is 33.5 Å². The molecule has 3 aromatic carbocycles. The molecule has 15 nitrogen and oxygen atoms in total. The summed E-state index contributed by atoms with van der Waals surface area (Å²) < 4.78 is 24.0. The predicted octanol–water partition coefficient (Wildman–Crippen LogP) is 0.649. The number of carboxylic acid groups (broad SMARTS) is 1. The zero-order valence-electron chi connectivity index (χ0n) is 22.0. The molecule has 2 amide bonds. The minimum absolute atomic E-state index is 0. The average Bonchev–Trinajstić information content (AvgIpc) is 3.32. The number of aromatic amines is 1. The van der Waals surface area contributed by atoms with Crippen molar-refractivity contribution < 1.29 is 38.1 Å². The van der Waals surface area contributed by atoms with E-state index in [0.29, 0.717) is 16.6 Å². The summed E-state index contributed by atoms with van der Waals surface area (Å²) in [5.41, 5.74) is 11.9. The molecule has 0 saturated heterocycles. The maximum Gasteiger partial charge on any atom is 0.326 e. The highest BCUT2D eigenvalue weighted by atomic mass is 35.5. The van der Waals surface area contributed by atoms with E-state index >= 15 is 0 Å². The van der Waals surface area contributed by atoms with E-state index in [9.17, 15) is 38.1 Å². The molecule has 0 saturated carbocycles. The molecule has 0 unspecified atom stereocenters. The molecular weight excluding hydrogens is 606 g/mol. The van der Waals surface area contributed by atoms with Crippen molar-refractivity contribution in [2.24, 2.45) is 16.6 Å². The number of nitrogens with one attached hydrogen (secondary N) is 3. The highest BCUT2D eigenvalue weighted by Gasteiger charge is 2.24. The molecule has 0 fully saturated rings. The Kier molecular flexibility index (Phi) is 9.29. The molecule has 0 radical (unpaired) electrons. The zero-order valence-corrected chi connectivity index (χ0v) is 23.6. The lowest BCUT2D eigenvalue weighted by atomic mass is 9.95. The number of nitrogens with two attached hydrogens (primary N) is 3. The second-order valence-electron chi connectivity index (χ2n) is 9.30. The standard InChI is InChI=1S/C26H25N7O8S.ClH/c27-21(35)10-19(26(38)39)31-22(36)7-11-5-15(14-9-13(42(30,40)41)2-4-20(14)34)23(37)16(6-11)25-32-17-3-1-12(24(28)29)8-18(17)33-25;/h1-6,8-9,19,34,37H,7,10H2,(H2,27,35)(H3,28,29)(H,31,36)(H,32,33)(H,38,39)(H2,30,40,41);1H/t19-;/m0./s1. The van der Waals surface area contributed by atoms with Crippen molar-refractivity contribution in [1.82, 2.24) is 15.3 Å². The van der Waals surface area contributed by atoms with E-state index in [-0.39, 0.29) is 51.2 Å². The maximum atomic E-state index is 12.8. The monoisotopic (exact) mass is 631 g/mol. The van der Waals surface area contributed by atoms with Crippen LogP contribution in [0.15, 0.2) is 53.4 Å². The van der Waals surface area contributed by atoms with Crippen LogP contribution in [0, 0.1) is 5.41 Å². The van der Waals surface area contributed by atoms with Crippen molar-refractivity contribution in [1.29, 1.82) is 5.41 Å². The summed E-state index contributed by atoms with van der Waals surface area (Å²) in [5.74, 6) is -4.20. The van der Waals surface area contributed by atoms with Gasteiger partial charge in [0.25, 0.3) is 0 Å². The number of imidazole rings is 1. The molecule has 0 spiro atoms. The van der Waals surface area contributed by atoms with Crippen LogP contribution in [0.4, 0.5) is 0 Å². The van der Waals surface area contributed by atoms with Crippen LogP contribution >= 0.6 is 12.4 Å². The summed E-state index contributed by atoms with van der Waals surface area (Å²) >= 11 is 0. The van der Waals surface area contributed by atoms with Gasteiger partial charge in [-0.05, 0) is 54.1 Å². The number of amidine groups is 1. The van der Waals surface area contributed by atoms with Gasteiger partial charge in [-0.2, -0.15) is 0 Å². The lowest BCUT2D eigenvalue weighted by Gasteiger charge is -2.16. The van der Waals surface area contributed by atoms with Crippen LogP contribution < -0.4 is 21.9 Å². The van der Waals surface area contributed by atoms with Crippen LogP contribution in [0.2, 0.25) is 0 Å². The SMILES string of the molecule is Cl.N=C(N)c1ccc2nc(-c3cc(CC(=O)N[C@@H](CC(N)=O)C(=O)O)cc(-c4cc(S(N)(=O)=O)ccc4O)c3O)[nH]c2c1. The number of rotatable bonds is 10. The van der Waals surface area contributed by atoms with E-state index in [0.717, 1.165) is 18.2 Å².